The van der Waals surface area contributed by atoms with Gasteiger partial charge in [-0.05, 0) is 29.3 Å². The fraction of sp³-hybridized carbons (Fsp3) is 0.389. The summed E-state index contributed by atoms with van der Waals surface area (Å²) < 4.78 is 11.1. The molecule has 1 aromatic carbocycles. The number of ether oxygens (including phenoxy) is 2. The van der Waals surface area contributed by atoms with Crippen molar-refractivity contribution in [2.24, 2.45) is 5.92 Å². The maximum atomic E-state index is 12.0. The number of halogens is 1. The zero-order valence-corrected chi connectivity index (χ0v) is 14.0. The molecule has 2 aliphatic rings. The minimum absolute atomic E-state index is 0.0346. The van der Waals surface area contributed by atoms with Crippen molar-refractivity contribution in [1.29, 1.82) is 0 Å². The minimum Gasteiger partial charge on any atom is -0.498 e. The predicted octanol–water partition coefficient (Wildman–Crippen LogP) is 2.83. The van der Waals surface area contributed by atoms with E-state index in [0.29, 0.717) is 18.0 Å². The highest BCUT2D eigenvalue weighted by molar-refractivity contribution is 6.30. The van der Waals surface area contributed by atoms with E-state index in [4.69, 9.17) is 21.1 Å². The lowest BCUT2D eigenvalue weighted by Crippen LogP contribution is -2.36. The van der Waals surface area contributed by atoms with Crippen LogP contribution in [0.5, 0.6) is 0 Å². The van der Waals surface area contributed by atoms with E-state index in [1.165, 1.54) is 0 Å². The van der Waals surface area contributed by atoms with Crippen LogP contribution in [0.4, 0.5) is 0 Å². The van der Waals surface area contributed by atoms with Gasteiger partial charge in [-0.2, -0.15) is 0 Å². The summed E-state index contributed by atoms with van der Waals surface area (Å²) in [5.74, 6) is 0.970. The third-order valence-electron chi connectivity index (χ3n) is 4.56. The van der Waals surface area contributed by atoms with Gasteiger partial charge in [-0.25, -0.2) is 0 Å². The molecule has 0 saturated heterocycles. The van der Waals surface area contributed by atoms with Gasteiger partial charge < -0.3 is 14.8 Å². The lowest BCUT2D eigenvalue weighted by Gasteiger charge is -2.33. The van der Waals surface area contributed by atoms with Gasteiger partial charge in [0.25, 0.3) is 0 Å². The number of rotatable bonds is 3. The Morgan fingerprint density at radius 2 is 2.13 bits per heavy atom. The second-order valence-electron chi connectivity index (χ2n) is 5.82. The zero-order valence-electron chi connectivity index (χ0n) is 13.2. The molecule has 0 bridgehead atoms. The highest BCUT2D eigenvalue weighted by Crippen LogP contribution is 2.38. The Bertz CT molecular complexity index is 668. The average molecular weight is 334 g/mol. The maximum absolute atomic E-state index is 12.0. The Hall–Kier alpha value is -1.78. The van der Waals surface area contributed by atoms with Gasteiger partial charge >= 0.3 is 0 Å². The Morgan fingerprint density at radius 1 is 1.30 bits per heavy atom. The molecule has 122 valence electrons. The molecule has 3 unspecified atom stereocenters. The topological polar surface area (TPSA) is 47.6 Å². The van der Waals surface area contributed by atoms with E-state index >= 15 is 0 Å². The molecular formula is C18H20ClNO3. The molecule has 3 rings (SSSR count). The van der Waals surface area contributed by atoms with Gasteiger partial charge in [-0.1, -0.05) is 29.8 Å². The van der Waals surface area contributed by atoms with E-state index in [2.05, 4.69) is 11.4 Å². The fourth-order valence-electron chi connectivity index (χ4n) is 3.45. The van der Waals surface area contributed by atoms with Crippen molar-refractivity contribution in [3.63, 3.8) is 0 Å². The van der Waals surface area contributed by atoms with Crippen molar-refractivity contribution >= 4 is 17.5 Å². The predicted molar refractivity (Wildman–Crippen MR) is 89.4 cm³/mol. The van der Waals surface area contributed by atoms with E-state index in [0.717, 1.165) is 16.9 Å². The molecule has 0 saturated carbocycles. The number of carbonyl (C=O) groups is 1. The van der Waals surface area contributed by atoms with Crippen molar-refractivity contribution in [3.05, 3.63) is 58.3 Å². The van der Waals surface area contributed by atoms with E-state index < -0.39 is 0 Å². The molecule has 1 N–H and O–H groups in total. The third kappa shape index (κ3) is 3.14. The number of methoxy groups -OCH3 is 2. The molecule has 0 spiro atoms. The molecule has 1 heterocycles. The Kier molecular flexibility index (Phi) is 4.74. The summed E-state index contributed by atoms with van der Waals surface area (Å²) >= 11 is 6.21. The summed E-state index contributed by atoms with van der Waals surface area (Å²) in [6, 6.07) is 5.74. The molecule has 23 heavy (non-hydrogen) atoms. The Morgan fingerprint density at radius 3 is 2.87 bits per heavy atom. The molecule has 0 fully saturated rings. The van der Waals surface area contributed by atoms with Crippen LogP contribution < -0.4 is 5.32 Å². The average Bonchev–Trinajstić information content (AvgIpc) is 2.72. The van der Waals surface area contributed by atoms with Gasteiger partial charge in [0.15, 0.2) is 0 Å². The third-order valence-corrected chi connectivity index (χ3v) is 4.79. The second-order valence-corrected chi connectivity index (χ2v) is 6.26. The first-order valence-electron chi connectivity index (χ1n) is 7.64. The number of hydrogen-bond acceptors (Lipinski definition) is 3. The van der Waals surface area contributed by atoms with Gasteiger partial charge in [0.1, 0.15) is 11.9 Å². The summed E-state index contributed by atoms with van der Waals surface area (Å²) in [6.07, 6.45) is 6.21. The zero-order chi connectivity index (χ0) is 16.4. The number of benzene rings is 1. The van der Waals surface area contributed by atoms with Gasteiger partial charge in [-0.15, -0.1) is 0 Å². The normalized spacial score (nSPS) is 26.8. The van der Waals surface area contributed by atoms with Crippen LogP contribution in [0.2, 0.25) is 5.02 Å². The molecule has 5 heteroatoms. The second kappa shape index (κ2) is 6.77. The highest BCUT2D eigenvalue weighted by Gasteiger charge is 2.36. The molecule has 3 atom stereocenters. The van der Waals surface area contributed by atoms with Gasteiger partial charge in [0, 0.05) is 30.5 Å². The molecule has 1 amide bonds. The minimum atomic E-state index is -0.183. The summed E-state index contributed by atoms with van der Waals surface area (Å²) in [6.45, 7) is 0.554. The van der Waals surface area contributed by atoms with Crippen molar-refractivity contribution in [2.75, 3.05) is 20.8 Å². The van der Waals surface area contributed by atoms with E-state index in [9.17, 15) is 4.79 Å². The van der Waals surface area contributed by atoms with E-state index in [1.807, 2.05) is 30.4 Å². The van der Waals surface area contributed by atoms with Crippen LogP contribution in [-0.4, -0.2) is 32.8 Å². The van der Waals surface area contributed by atoms with E-state index in [1.54, 1.807) is 14.2 Å². The Labute approximate surface area is 141 Å². The summed E-state index contributed by atoms with van der Waals surface area (Å²) in [5.41, 5.74) is 2.12. The van der Waals surface area contributed by atoms with Crippen molar-refractivity contribution in [3.8, 4) is 0 Å². The molecular weight excluding hydrogens is 314 g/mol. The first kappa shape index (κ1) is 16.1. The van der Waals surface area contributed by atoms with Crippen molar-refractivity contribution in [1.82, 2.24) is 5.32 Å². The van der Waals surface area contributed by atoms with Crippen LogP contribution in [0.1, 0.15) is 17.0 Å². The van der Waals surface area contributed by atoms with Gasteiger partial charge in [-0.3, -0.25) is 4.79 Å². The molecule has 1 aliphatic carbocycles. The highest BCUT2D eigenvalue weighted by atomic mass is 35.5. The van der Waals surface area contributed by atoms with Crippen LogP contribution >= 0.6 is 11.6 Å². The number of fused-ring (bicyclic) bond motifs is 1. The SMILES string of the molecule is COC1=CC=CC(C2CNC(=O)Cc3ccc(Cl)cc32)C1OC. The number of hydrogen-bond donors (Lipinski definition) is 1. The standard InChI is InChI=1S/C18H20ClNO3/c1-22-16-5-3-4-13(18(16)23-2)15-10-20-17(21)8-11-6-7-12(19)9-14(11)15/h3-7,9,13,15,18H,8,10H2,1-2H3,(H,20,21). The molecule has 0 radical (unpaired) electrons. The van der Waals surface area contributed by atoms with Crippen molar-refractivity contribution < 1.29 is 14.3 Å². The van der Waals surface area contributed by atoms with E-state index in [-0.39, 0.29) is 23.8 Å². The largest absolute Gasteiger partial charge is 0.498 e. The first-order valence-corrected chi connectivity index (χ1v) is 8.02. The lowest BCUT2D eigenvalue weighted by molar-refractivity contribution is -0.120. The monoisotopic (exact) mass is 333 g/mol. The number of nitrogens with one attached hydrogen (secondary N) is 1. The quantitative estimate of drug-likeness (QED) is 0.925. The molecule has 0 aromatic heterocycles. The maximum Gasteiger partial charge on any atom is 0.224 e. The van der Waals surface area contributed by atoms with Gasteiger partial charge in [0.05, 0.1) is 13.5 Å². The van der Waals surface area contributed by atoms with Crippen LogP contribution in [0, 0.1) is 5.92 Å². The van der Waals surface area contributed by atoms with Crippen LogP contribution in [0.15, 0.2) is 42.2 Å². The summed E-state index contributed by atoms with van der Waals surface area (Å²) in [5, 5.41) is 3.68. The lowest BCUT2D eigenvalue weighted by atomic mass is 9.78. The van der Waals surface area contributed by atoms with Crippen LogP contribution in [0.3, 0.4) is 0 Å². The fourth-order valence-corrected chi connectivity index (χ4v) is 3.63. The summed E-state index contributed by atoms with van der Waals surface area (Å²) in [7, 11) is 3.33. The summed E-state index contributed by atoms with van der Waals surface area (Å²) in [4.78, 5) is 12.0. The first-order chi connectivity index (χ1) is 11.1. The molecule has 1 aliphatic heterocycles. The number of carbonyl (C=O) groups excluding carboxylic acids is 1. The van der Waals surface area contributed by atoms with Crippen LogP contribution in [-0.2, 0) is 20.7 Å². The number of allylic oxidation sites excluding steroid dienone is 2. The molecule has 1 aromatic rings. The van der Waals surface area contributed by atoms with Gasteiger partial charge in [0.2, 0.25) is 5.91 Å². The Balaban J connectivity index is 2.02. The van der Waals surface area contributed by atoms with Crippen LogP contribution in [0.25, 0.3) is 0 Å². The van der Waals surface area contributed by atoms with Crippen molar-refractivity contribution in [2.45, 2.75) is 18.4 Å². The smallest absolute Gasteiger partial charge is 0.224 e. The number of amides is 1. The molecule has 4 nitrogen and oxygen atoms in total.